The van der Waals surface area contributed by atoms with Gasteiger partial charge in [-0.15, -0.1) is 0 Å². The van der Waals surface area contributed by atoms with Crippen molar-refractivity contribution in [2.24, 2.45) is 5.73 Å². The second-order valence-electron chi connectivity index (χ2n) is 5.40. The first-order valence-electron chi connectivity index (χ1n) is 7.15. The molecule has 1 aromatic carbocycles. The van der Waals surface area contributed by atoms with Gasteiger partial charge in [0.25, 0.3) is 0 Å². The molecule has 0 aliphatic heterocycles. The molecule has 2 aromatic rings. The van der Waals surface area contributed by atoms with E-state index in [2.05, 4.69) is 11.1 Å². The zero-order valence-electron chi connectivity index (χ0n) is 12.4. The molecular formula is C17H20N2O2. The number of ether oxygens (including phenoxy) is 2. The molecule has 21 heavy (non-hydrogen) atoms. The molecule has 2 N–H and O–H groups in total. The molecular weight excluding hydrogens is 264 g/mol. The van der Waals surface area contributed by atoms with Crippen LogP contribution >= 0.6 is 0 Å². The summed E-state index contributed by atoms with van der Waals surface area (Å²) >= 11 is 0. The zero-order chi connectivity index (χ0) is 14.9. The number of benzene rings is 1. The molecule has 1 unspecified atom stereocenters. The SMILES string of the molecule is COc1ccc2c(c1)C(N)(c1ncccc1OC)CCC2. The molecule has 0 amide bonds. The van der Waals surface area contributed by atoms with Gasteiger partial charge in [-0.05, 0) is 54.7 Å². The van der Waals surface area contributed by atoms with E-state index in [9.17, 15) is 0 Å². The number of nitrogens with two attached hydrogens (primary N) is 1. The van der Waals surface area contributed by atoms with Gasteiger partial charge in [0.05, 0.1) is 19.8 Å². The molecule has 1 aromatic heterocycles. The highest BCUT2D eigenvalue weighted by Crippen LogP contribution is 2.42. The van der Waals surface area contributed by atoms with Gasteiger partial charge < -0.3 is 15.2 Å². The monoisotopic (exact) mass is 284 g/mol. The summed E-state index contributed by atoms with van der Waals surface area (Å²) in [5.41, 5.74) is 9.31. The lowest BCUT2D eigenvalue weighted by atomic mass is 9.74. The number of hydrogen-bond donors (Lipinski definition) is 1. The Kier molecular flexibility index (Phi) is 3.55. The van der Waals surface area contributed by atoms with Gasteiger partial charge in [-0.2, -0.15) is 0 Å². The minimum atomic E-state index is -0.630. The maximum absolute atomic E-state index is 6.79. The second kappa shape index (κ2) is 5.37. The minimum Gasteiger partial charge on any atom is -0.497 e. The first kappa shape index (κ1) is 13.9. The topological polar surface area (TPSA) is 57.4 Å². The summed E-state index contributed by atoms with van der Waals surface area (Å²) in [4.78, 5) is 4.51. The highest BCUT2D eigenvalue weighted by atomic mass is 16.5. The van der Waals surface area contributed by atoms with Crippen LogP contribution in [0.15, 0.2) is 36.5 Å². The van der Waals surface area contributed by atoms with Crippen LogP contribution in [-0.2, 0) is 12.0 Å². The van der Waals surface area contributed by atoms with Crippen molar-refractivity contribution < 1.29 is 9.47 Å². The second-order valence-corrected chi connectivity index (χ2v) is 5.40. The summed E-state index contributed by atoms with van der Waals surface area (Å²) in [6.07, 6.45) is 4.68. The molecule has 1 heterocycles. The van der Waals surface area contributed by atoms with Crippen molar-refractivity contribution in [3.63, 3.8) is 0 Å². The van der Waals surface area contributed by atoms with Crippen LogP contribution in [0.2, 0.25) is 0 Å². The molecule has 0 saturated carbocycles. The lowest BCUT2D eigenvalue weighted by Crippen LogP contribution is -2.42. The fourth-order valence-corrected chi connectivity index (χ4v) is 3.14. The molecule has 0 radical (unpaired) electrons. The van der Waals surface area contributed by atoms with Gasteiger partial charge in [0, 0.05) is 6.20 Å². The Morgan fingerprint density at radius 3 is 2.81 bits per heavy atom. The molecule has 110 valence electrons. The van der Waals surface area contributed by atoms with Crippen molar-refractivity contribution in [2.75, 3.05) is 14.2 Å². The molecule has 1 aliphatic rings. The normalized spacial score (nSPS) is 20.7. The molecule has 1 atom stereocenters. The smallest absolute Gasteiger partial charge is 0.142 e. The maximum Gasteiger partial charge on any atom is 0.142 e. The van der Waals surface area contributed by atoms with Crippen molar-refractivity contribution in [2.45, 2.75) is 24.8 Å². The fourth-order valence-electron chi connectivity index (χ4n) is 3.14. The quantitative estimate of drug-likeness (QED) is 0.941. The maximum atomic E-state index is 6.79. The summed E-state index contributed by atoms with van der Waals surface area (Å²) in [5, 5.41) is 0. The molecule has 0 bridgehead atoms. The van der Waals surface area contributed by atoms with E-state index in [0.717, 1.165) is 42.0 Å². The van der Waals surface area contributed by atoms with Gasteiger partial charge in [-0.1, -0.05) is 6.07 Å². The van der Waals surface area contributed by atoms with Crippen LogP contribution in [0.4, 0.5) is 0 Å². The molecule has 1 aliphatic carbocycles. The third kappa shape index (κ3) is 2.25. The Morgan fingerprint density at radius 1 is 1.19 bits per heavy atom. The lowest BCUT2D eigenvalue weighted by molar-refractivity contribution is 0.367. The highest BCUT2D eigenvalue weighted by molar-refractivity contribution is 5.49. The average Bonchev–Trinajstić information content (AvgIpc) is 2.55. The van der Waals surface area contributed by atoms with Crippen LogP contribution in [0, 0.1) is 0 Å². The number of aromatic nitrogens is 1. The van der Waals surface area contributed by atoms with Crippen LogP contribution in [0.1, 0.15) is 29.7 Å². The third-order valence-corrected chi connectivity index (χ3v) is 4.23. The van der Waals surface area contributed by atoms with E-state index in [-0.39, 0.29) is 0 Å². The predicted molar refractivity (Wildman–Crippen MR) is 81.7 cm³/mol. The molecule has 0 spiro atoms. The van der Waals surface area contributed by atoms with Crippen molar-refractivity contribution in [1.82, 2.24) is 4.98 Å². The van der Waals surface area contributed by atoms with Gasteiger partial charge in [-0.3, -0.25) is 4.98 Å². The van der Waals surface area contributed by atoms with Crippen LogP contribution in [0.3, 0.4) is 0 Å². The van der Waals surface area contributed by atoms with Gasteiger partial charge in [0.15, 0.2) is 0 Å². The van der Waals surface area contributed by atoms with Crippen LogP contribution < -0.4 is 15.2 Å². The summed E-state index contributed by atoms with van der Waals surface area (Å²) in [6, 6.07) is 9.89. The predicted octanol–water partition coefficient (Wildman–Crippen LogP) is 2.64. The van der Waals surface area contributed by atoms with Gasteiger partial charge in [0.1, 0.15) is 17.2 Å². The van der Waals surface area contributed by atoms with Crippen molar-refractivity contribution in [3.05, 3.63) is 53.3 Å². The number of fused-ring (bicyclic) bond motifs is 1. The van der Waals surface area contributed by atoms with Crippen LogP contribution in [-0.4, -0.2) is 19.2 Å². The van der Waals surface area contributed by atoms with E-state index in [1.54, 1.807) is 20.4 Å². The Labute approximate surface area is 124 Å². The first-order chi connectivity index (χ1) is 10.2. The fraction of sp³-hybridized carbons (Fsp3) is 0.353. The minimum absolute atomic E-state index is 0.630. The molecule has 3 rings (SSSR count). The first-order valence-corrected chi connectivity index (χ1v) is 7.15. The third-order valence-electron chi connectivity index (χ3n) is 4.23. The lowest BCUT2D eigenvalue weighted by Gasteiger charge is -2.36. The number of aryl methyl sites for hydroxylation is 1. The standard InChI is InChI=1S/C17H20N2O2/c1-20-13-8-7-12-5-3-9-17(18,14(12)11-13)16-15(21-2)6-4-10-19-16/h4,6-8,10-11H,3,5,9,18H2,1-2H3. The summed E-state index contributed by atoms with van der Waals surface area (Å²) < 4.78 is 10.8. The van der Waals surface area contributed by atoms with E-state index in [1.807, 2.05) is 24.3 Å². The van der Waals surface area contributed by atoms with Gasteiger partial charge in [-0.25, -0.2) is 0 Å². The Hall–Kier alpha value is -2.07. The Bertz CT molecular complexity index is 657. The Morgan fingerprint density at radius 2 is 2.05 bits per heavy atom. The van der Waals surface area contributed by atoms with Crippen LogP contribution in [0.25, 0.3) is 0 Å². The highest BCUT2D eigenvalue weighted by Gasteiger charge is 2.38. The van der Waals surface area contributed by atoms with Gasteiger partial charge >= 0.3 is 0 Å². The zero-order valence-corrected chi connectivity index (χ0v) is 12.4. The van der Waals surface area contributed by atoms with Gasteiger partial charge in [0.2, 0.25) is 0 Å². The van der Waals surface area contributed by atoms with E-state index >= 15 is 0 Å². The van der Waals surface area contributed by atoms with E-state index in [4.69, 9.17) is 15.2 Å². The van der Waals surface area contributed by atoms with Crippen LogP contribution in [0.5, 0.6) is 11.5 Å². The molecule has 4 nitrogen and oxygen atoms in total. The number of hydrogen-bond acceptors (Lipinski definition) is 4. The molecule has 0 fully saturated rings. The summed E-state index contributed by atoms with van der Waals surface area (Å²) in [5.74, 6) is 1.55. The largest absolute Gasteiger partial charge is 0.497 e. The van der Waals surface area contributed by atoms with E-state index in [0.29, 0.717) is 0 Å². The van der Waals surface area contributed by atoms with Crippen molar-refractivity contribution >= 4 is 0 Å². The summed E-state index contributed by atoms with van der Waals surface area (Å²) in [6.45, 7) is 0. The van der Waals surface area contributed by atoms with E-state index < -0.39 is 5.54 Å². The van der Waals surface area contributed by atoms with Crippen molar-refractivity contribution in [1.29, 1.82) is 0 Å². The number of rotatable bonds is 3. The number of pyridine rings is 1. The summed E-state index contributed by atoms with van der Waals surface area (Å²) in [7, 11) is 3.32. The number of methoxy groups -OCH3 is 2. The molecule has 4 heteroatoms. The van der Waals surface area contributed by atoms with Crippen molar-refractivity contribution in [3.8, 4) is 11.5 Å². The van der Waals surface area contributed by atoms with E-state index in [1.165, 1.54) is 5.56 Å². The number of nitrogens with zero attached hydrogens (tertiary/aromatic N) is 1. The Balaban J connectivity index is 2.19. The average molecular weight is 284 g/mol. The molecule has 0 saturated heterocycles.